The quantitative estimate of drug-likeness (QED) is 0.747. The third-order valence-corrected chi connectivity index (χ3v) is 2.87. The summed E-state index contributed by atoms with van der Waals surface area (Å²) >= 11 is 0. The molecular formula is C15H18N2O2. The lowest BCUT2D eigenvalue weighted by molar-refractivity contribution is 0.0867. The Morgan fingerprint density at radius 2 is 1.89 bits per heavy atom. The number of aryl methyl sites for hydroxylation is 1. The Balaban J connectivity index is 1.71. The van der Waals surface area contributed by atoms with Gasteiger partial charge in [-0.3, -0.25) is 9.97 Å². The second-order valence-electron chi connectivity index (χ2n) is 4.24. The first-order valence-corrected chi connectivity index (χ1v) is 6.30. The summed E-state index contributed by atoms with van der Waals surface area (Å²) in [5, 5.41) is 0. The van der Waals surface area contributed by atoms with Gasteiger partial charge in [0.15, 0.2) is 0 Å². The highest BCUT2D eigenvalue weighted by molar-refractivity contribution is 5.33. The van der Waals surface area contributed by atoms with Crippen LogP contribution in [0.2, 0.25) is 0 Å². The predicted octanol–water partition coefficient (Wildman–Crippen LogP) is 2.69. The van der Waals surface area contributed by atoms with Crippen molar-refractivity contribution in [1.82, 2.24) is 9.97 Å². The first-order chi connectivity index (χ1) is 9.27. The van der Waals surface area contributed by atoms with E-state index in [1.807, 2.05) is 38.1 Å². The first-order valence-electron chi connectivity index (χ1n) is 6.30. The lowest BCUT2D eigenvalue weighted by Gasteiger charge is -2.10. The van der Waals surface area contributed by atoms with Crippen molar-refractivity contribution in [1.29, 1.82) is 0 Å². The molecule has 0 aliphatic heterocycles. The van der Waals surface area contributed by atoms with Gasteiger partial charge < -0.3 is 9.47 Å². The van der Waals surface area contributed by atoms with Gasteiger partial charge in [0.2, 0.25) is 0 Å². The molecular weight excluding hydrogens is 240 g/mol. The van der Waals surface area contributed by atoms with Crippen molar-refractivity contribution < 1.29 is 9.47 Å². The van der Waals surface area contributed by atoms with Crippen molar-refractivity contribution in [2.45, 2.75) is 20.5 Å². The molecule has 0 atom stereocenters. The third kappa shape index (κ3) is 4.03. The molecule has 0 spiro atoms. The SMILES string of the molecule is Cc1nccc(OCCOCc2ccccn2)c1C. The fourth-order valence-electron chi connectivity index (χ4n) is 1.64. The number of hydrogen-bond donors (Lipinski definition) is 0. The molecule has 0 aliphatic rings. The Kier molecular flexibility index (Phi) is 4.86. The number of aromatic nitrogens is 2. The molecule has 0 aliphatic carbocycles. The maximum atomic E-state index is 5.67. The fourth-order valence-corrected chi connectivity index (χ4v) is 1.64. The molecule has 0 aromatic carbocycles. The standard InChI is InChI=1S/C15H18N2O2/c1-12-13(2)16-8-6-15(12)19-10-9-18-11-14-5-3-4-7-17-14/h3-8H,9-11H2,1-2H3. The van der Waals surface area contributed by atoms with Crippen LogP contribution < -0.4 is 4.74 Å². The molecule has 0 radical (unpaired) electrons. The summed E-state index contributed by atoms with van der Waals surface area (Å²) in [5.74, 6) is 0.869. The highest BCUT2D eigenvalue weighted by Crippen LogP contribution is 2.18. The van der Waals surface area contributed by atoms with Gasteiger partial charge in [0, 0.05) is 23.7 Å². The number of rotatable bonds is 6. The Morgan fingerprint density at radius 3 is 2.68 bits per heavy atom. The van der Waals surface area contributed by atoms with Gasteiger partial charge in [0.05, 0.1) is 18.9 Å². The molecule has 0 saturated carbocycles. The monoisotopic (exact) mass is 258 g/mol. The molecule has 0 fully saturated rings. The van der Waals surface area contributed by atoms with Gasteiger partial charge in [0.25, 0.3) is 0 Å². The topological polar surface area (TPSA) is 44.2 Å². The van der Waals surface area contributed by atoms with E-state index in [9.17, 15) is 0 Å². The summed E-state index contributed by atoms with van der Waals surface area (Å²) in [5.41, 5.74) is 3.00. The Bertz CT molecular complexity index is 515. The highest BCUT2D eigenvalue weighted by atomic mass is 16.5. The van der Waals surface area contributed by atoms with Crippen LogP contribution >= 0.6 is 0 Å². The zero-order valence-electron chi connectivity index (χ0n) is 11.3. The second-order valence-corrected chi connectivity index (χ2v) is 4.24. The van der Waals surface area contributed by atoms with Gasteiger partial charge in [-0.1, -0.05) is 6.07 Å². The van der Waals surface area contributed by atoms with E-state index in [0.29, 0.717) is 19.8 Å². The lowest BCUT2D eigenvalue weighted by atomic mass is 10.2. The van der Waals surface area contributed by atoms with Crippen LogP contribution in [0.25, 0.3) is 0 Å². The zero-order chi connectivity index (χ0) is 13.5. The normalized spacial score (nSPS) is 10.4. The molecule has 0 N–H and O–H groups in total. The van der Waals surface area contributed by atoms with E-state index in [4.69, 9.17) is 9.47 Å². The van der Waals surface area contributed by atoms with Crippen molar-refractivity contribution >= 4 is 0 Å². The average molecular weight is 258 g/mol. The molecule has 100 valence electrons. The molecule has 0 amide bonds. The van der Waals surface area contributed by atoms with Crippen molar-refractivity contribution in [3.63, 3.8) is 0 Å². The van der Waals surface area contributed by atoms with Gasteiger partial charge in [-0.2, -0.15) is 0 Å². The maximum Gasteiger partial charge on any atom is 0.125 e. The molecule has 2 heterocycles. The molecule has 0 saturated heterocycles. The highest BCUT2D eigenvalue weighted by Gasteiger charge is 2.02. The number of pyridine rings is 2. The van der Waals surface area contributed by atoms with E-state index in [0.717, 1.165) is 22.7 Å². The van der Waals surface area contributed by atoms with Crippen LogP contribution in [-0.2, 0) is 11.3 Å². The number of hydrogen-bond acceptors (Lipinski definition) is 4. The maximum absolute atomic E-state index is 5.67. The number of nitrogens with zero attached hydrogens (tertiary/aromatic N) is 2. The van der Waals surface area contributed by atoms with E-state index < -0.39 is 0 Å². The summed E-state index contributed by atoms with van der Waals surface area (Å²) in [6.07, 6.45) is 3.52. The molecule has 4 nitrogen and oxygen atoms in total. The summed E-state index contributed by atoms with van der Waals surface area (Å²) in [7, 11) is 0. The molecule has 4 heteroatoms. The fraction of sp³-hybridized carbons (Fsp3) is 0.333. The smallest absolute Gasteiger partial charge is 0.125 e. The first kappa shape index (κ1) is 13.5. The summed E-state index contributed by atoms with van der Waals surface area (Å²) in [4.78, 5) is 8.39. The van der Waals surface area contributed by atoms with Crippen LogP contribution in [0.15, 0.2) is 36.7 Å². The molecule has 2 aromatic rings. The van der Waals surface area contributed by atoms with E-state index >= 15 is 0 Å². The zero-order valence-corrected chi connectivity index (χ0v) is 11.3. The number of ether oxygens (including phenoxy) is 2. The third-order valence-electron chi connectivity index (χ3n) is 2.87. The molecule has 0 bridgehead atoms. The molecule has 19 heavy (non-hydrogen) atoms. The molecule has 2 rings (SSSR count). The van der Waals surface area contributed by atoms with Crippen molar-refractivity contribution in [2.75, 3.05) is 13.2 Å². The van der Waals surface area contributed by atoms with Crippen LogP contribution in [0.3, 0.4) is 0 Å². The van der Waals surface area contributed by atoms with E-state index in [1.165, 1.54) is 0 Å². The average Bonchev–Trinajstić information content (AvgIpc) is 2.44. The van der Waals surface area contributed by atoms with E-state index in [1.54, 1.807) is 12.4 Å². The van der Waals surface area contributed by atoms with Crippen molar-refractivity contribution in [3.05, 3.63) is 53.6 Å². The minimum atomic E-state index is 0.512. The summed E-state index contributed by atoms with van der Waals surface area (Å²) in [6.45, 7) is 5.55. The molecule has 0 unspecified atom stereocenters. The second kappa shape index (κ2) is 6.85. The van der Waals surface area contributed by atoms with Gasteiger partial charge in [-0.05, 0) is 32.0 Å². The van der Waals surface area contributed by atoms with Crippen LogP contribution in [0, 0.1) is 13.8 Å². The van der Waals surface area contributed by atoms with E-state index in [-0.39, 0.29) is 0 Å². The molecule has 2 aromatic heterocycles. The van der Waals surface area contributed by atoms with E-state index in [2.05, 4.69) is 9.97 Å². The Labute approximate surface area is 113 Å². The van der Waals surface area contributed by atoms with Crippen molar-refractivity contribution in [2.24, 2.45) is 0 Å². The van der Waals surface area contributed by atoms with Crippen LogP contribution in [0.5, 0.6) is 5.75 Å². The summed E-state index contributed by atoms with van der Waals surface area (Å²) in [6, 6.07) is 7.66. The van der Waals surface area contributed by atoms with Gasteiger partial charge in [0.1, 0.15) is 12.4 Å². The van der Waals surface area contributed by atoms with Gasteiger partial charge >= 0.3 is 0 Å². The minimum absolute atomic E-state index is 0.512. The van der Waals surface area contributed by atoms with Crippen LogP contribution in [0.4, 0.5) is 0 Å². The van der Waals surface area contributed by atoms with Gasteiger partial charge in [-0.15, -0.1) is 0 Å². The van der Waals surface area contributed by atoms with Gasteiger partial charge in [-0.25, -0.2) is 0 Å². The Morgan fingerprint density at radius 1 is 1.00 bits per heavy atom. The van der Waals surface area contributed by atoms with Crippen LogP contribution in [0.1, 0.15) is 17.0 Å². The largest absolute Gasteiger partial charge is 0.491 e. The van der Waals surface area contributed by atoms with Crippen LogP contribution in [-0.4, -0.2) is 23.2 Å². The Hall–Kier alpha value is -1.94. The predicted molar refractivity (Wildman–Crippen MR) is 73.1 cm³/mol. The lowest BCUT2D eigenvalue weighted by Crippen LogP contribution is -2.08. The summed E-state index contributed by atoms with van der Waals surface area (Å²) < 4.78 is 11.2. The minimum Gasteiger partial charge on any atom is -0.491 e. The van der Waals surface area contributed by atoms with Crippen molar-refractivity contribution in [3.8, 4) is 5.75 Å².